The van der Waals surface area contributed by atoms with Gasteiger partial charge in [0, 0.05) is 17.5 Å². The summed E-state index contributed by atoms with van der Waals surface area (Å²) in [5.74, 6) is 1.68. The molecule has 1 saturated carbocycles. The average molecular weight is 185 g/mol. The van der Waals surface area contributed by atoms with Gasteiger partial charge < -0.3 is 4.52 Å². The molecule has 1 aliphatic rings. The second kappa shape index (κ2) is 2.98. The average Bonchev–Trinajstić information content (AvgIpc) is 2.98. The van der Waals surface area contributed by atoms with E-state index < -0.39 is 0 Å². The zero-order valence-electron chi connectivity index (χ0n) is 7.81. The van der Waals surface area contributed by atoms with E-state index in [-0.39, 0.29) is 0 Å². The van der Waals surface area contributed by atoms with Crippen molar-refractivity contribution in [1.29, 1.82) is 0 Å². The molecule has 70 valence electrons. The van der Waals surface area contributed by atoms with Crippen LogP contribution in [0.3, 0.4) is 0 Å². The van der Waals surface area contributed by atoms with Crippen LogP contribution in [0, 0.1) is 0 Å². The number of hydrogen-bond donors (Lipinski definition) is 0. The van der Waals surface area contributed by atoms with Gasteiger partial charge in [0.25, 0.3) is 0 Å². The third-order valence-electron chi connectivity index (χ3n) is 2.58. The maximum Gasteiger partial charge on any atom is 0.140 e. The standard InChI is InChI=1S/C12H11NO/c1-2-4-9(5-3-1)11-8-12(14-13-11)10-6-7-10/h1-5,8,10H,6-7H2. The van der Waals surface area contributed by atoms with Gasteiger partial charge in [-0.15, -0.1) is 0 Å². The lowest BCUT2D eigenvalue weighted by atomic mass is 10.1. The molecule has 0 atom stereocenters. The molecule has 1 heterocycles. The van der Waals surface area contributed by atoms with Crippen LogP contribution in [0.5, 0.6) is 0 Å². The highest BCUT2D eigenvalue weighted by molar-refractivity contribution is 5.58. The molecule has 0 radical (unpaired) electrons. The van der Waals surface area contributed by atoms with E-state index in [1.807, 2.05) is 18.2 Å². The topological polar surface area (TPSA) is 26.0 Å². The first-order chi connectivity index (χ1) is 6.93. The van der Waals surface area contributed by atoms with Crippen molar-refractivity contribution in [2.24, 2.45) is 0 Å². The summed E-state index contributed by atoms with van der Waals surface area (Å²) in [6.07, 6.45) is 2.51. The molecular formula is C12H11NO. The number of rotatable bonds is 2. The molecule has 0 bridgehead atoms. The summed E-state index contributed by atoms with van der Waals surface area (Å²) >= 11 is 0. The second-order valence-electron chi connectivity index (χ2n) is 3.75. The Morgan fingerprint density at radius 1 is 1.14 bits per heavy atom. The van der Waals surface area contributed by atoms with Crippen LogP contribution in [0.1, 0.15) is 24.5 Å². The van der Waals surface area contributed by atoms with E-state index in [0.29, 0.717) is 5.92 Å². The Morgan fingerprint density at radius 3 is 2.64 bits per heavy atom. The zero-order chi connectivity index (χ0) is 9.38. The first-order valence-electron chi connectivity index (χ1n) is 4.95. The van der Waals surface area contributed by atoms with Gasteiger partial charge in [0.15, 0.2) is 0 Å². The predicted octanol–water partition coefficient (Wildman–Crippen LogP) is 3.22. The van der Waals surface area contributed by atoms with E-state index in [9.17, 15) is 0 Å². The second-order valence-corrected chi connectivity index (χ2v) is 3.75. The third-order valence-corrected chi connectivity index (χ3v) is 2.58. The fourth-order valence-corrected chi connectivity index (χ4v) is 1.59. The van der Waals surface area contributed by atoms with Crippen molar-refractivity contribution >= 4 is 0 Å². The molecule has 0 aliphatic heterocycles. The van der Waals surface area contributed by atoms with Gasteiger partial charge in [0.2, 0.25) is 0 Å². The van der Waals surface area contributed by atoms with E-state index in [1.54, 1.807) is 0 Å². The van der Waals surface area contributed by atoms with Gasteiger partial charge in [-0.05, 0) is 12.8 Å². The van der Waals surface area contributed by atoms with E-state index in [0.717, 1.165) is 17.0 Å². The van der Waals surface area contributed by atoms with Gasteiger partial charge in [-0.1, -0.05) is 35.5 Å². The number of nitrogens with zero attached hydrogens (tertiary/aromatic N) is 1. The van der Waals surface area contributed by atoms with Crippen LogP contribution in [0.25, 0.3) is 11.3 Å². The Balaban J connectivity index is 1.96. The Bertz CT molecular complexity index is 429. The minimum atomic E-state index is 0.639. The van der Waals surface area contributed by atoms with Gasteiger partial charge in [0.1, 0.15) is 11.5 Å². The van der Waals surface area contributed by atoms with Crippen LogP contribution in [-0.2, 0) is 0 Å². The van der Waals surface area contributed by atoms with Crippen LogP contribution in [0.15, 0.2) is 40.9 Å². The van der Waals surface area contributed by atoms with Crippen molar-refractivity contribution in [2.45, 2.75) is 18.8 Å². The molecule has 14 heavy (non-hydrogen) atoms. The molecule has 1 aromatic heterocycles. The van der Waals surface area contributed by atoms with Crippen molar-refractivity contribution in [1.82, 2.24) is 5.16 Å². The Labute approximate surface area is 82.5 Å². The van der Waals surface area contributed by atoms with Crippen molar-refractivity contribution < 1.29 is 4.52 Å². The molecule has 0 saturated heterocycles. The molecule has 0 unspecified atom stereocenters. The molecule has 1 aromatic carbocycles. The number of aromatic nitrogens is 1. The maximum absolute atomic E-state index is 5.29. The Hall–Kier alpha value is -1.57. The van der Waals surface area contributed by atoms with E-state index >= 15 is 0 Å². The fraction of sp³-hybridized carbons (Fsp3) is 0.250. The van der Waals surface area contributed by atoms with E-state index in [1.165, 1.54) is 12.8 Å². The van der Waals surface area contributed by atoms with E-state index in [2.05, 4.69) is 23.4 Å². The lowest BCUT2D eigenvalue weighted by molar-refractivity contribution is 0.386. The lowest BCUT2D eigenvalue weighted by Gasteiger charge is -1.91. The van der Waals surface area contributed by atoms with Gasteiger partial charge in [-0.2, -0.15) is 0 Å². The van der Waals surface area contributed by atoms with Crippen molar-refractivity contribution in [3.05, 3.63) is 42.2 Å². The molecule has 0 spiro atoms. The summed E-state index contributed by atoms with van der Waals surface area (Å²) < 4.78 is 5.29. The largest absolute Gasteiger partial charge is 0.360 e. The third kappa shape index (κ3) is 1.33. The van der Waals surface area contributed by atoms with Crippen molar-refractivity contribution in [3.63, 3.8) is 0 Å². The molecule has 2 aromatic rings. The number of hydrogen-bond acceptors (Lipinski definition) is 2. The molecule has 2 heteroatoms. The molecule has 2 nitrogen and oxygen atoms in total. The number of benzene rings is 1. The molecule has 3 rings (SSSR count). The minimum absolute atomic E-state index is 0.639. The minimum Gasteiger partial charge on any atom is -0.360 e. The molecular weight excluding hydrogens is 174 g/mol. The van der Waals surface area contributed by atoms with Gasteiger partial charge >= 0.3 is 0 Å². The van der Waals surface area contributed by atoms with Gasteiger partial charge in [-0.25, -0.2) is 0 Å². The highest BCUT2D eigenvalue weighted by Gasteiger charge is 2.27. The summed E-state index contributed by atoms with van der Waals surface area (Å²) in [7, 11) is 0. The zero-order valence-corrected chi connectivity index (χ0v) is 7.81. The van der Waals surface area contributed by atoms with Crippen LogP contribution in [-0.4, -0.2) is 5.16 Å². The summed E-state index contributed by atoms with van der Waals surface area (Å²) in [6, 6.07) is 12.2. The first-order valence-corrected chi connectivity index (χ1v) is 4.95. The molecule has 0 amide bonds. The van der Waals surface area contributed by atoms with Gasteiger partial charge in [0.05, 0.1) is 0 Å². The summed E-state index contributed by atoms with van der Waals surface area (Å²) in [5, 5.41) is 4.07. The smallest absolute Gasteiger partial charge is 0.140 e. The normalized spacial score (nSPS) is 15.7. The van der Waals surface area contributed by atoms with Crippen molar-refractivity contribution in [2.75, 3.05) is 0 Å². The molecule has 1 aliphatic carbocycles. The molecule has 1 fully saturated rings. The first kappa shape index (κ1) is 7.80. The van der Waals surface area contributed by atoms with Crippen LogP contribution < -0.4 is 0 Å². The fourth-order valence-electron chi connectivity index (χ4n) is 1.59. The van der Waals surface area contributed by atoms with Gasteiger partial charge in [-0.3, -0.25) is 0 Å². The lowest BCUT2D eigenvalue weighted by Crippen LogP contribution is -1.73. The van der Waals surface area contributed by atoms with Crippen LogP contribution in [0.2, 0.25) is 0 Å². The van der Waals surface area contributed by atoms with E-state index in [4.69, 9.17) is 4.52 Å². The summed E-state index contributed by atoms with van der Waals surface area (Å²) in [5.41, 5.74) is 2.08. The SMILES string of the molecule is c1ccc(-c2cc(C3CC3)on2)cc1. The molecule has 0 N–H and O–H groups in total. The summed E-state index contributed by atoms with van der Waals surface area (Å²) in [6.45, 7) is 0. The Morgan fingerprint density at radius 2 is 1.93 bits per heavy atom. The Kier molecular flexibility index (Phi) is 1.66. The van der Waals surface area contributed by atoms with Crippen LogP contribution >= 0.6 is 0 Å². The predicted molar refractivity (Wildman–Crippen MR) is 53.9 cm³/mol. The maximum atomic E-state index is 5.29. The highest BCUT2D eigenvalue weighted by atomic mass is 16.5. The van der Waals surface area contributed by atoms with Crippen molar-refractivity contribution in [3.8, 4) is 11.3 Å². The van der Waals surface area contributed by atoms with Crippen LogP contribution in [0.4, 0.5) is 0 Å². The monoisotopic (exact) mass is 185 g/mol. The quantitative estimate of drug-likeness (QED) is 0.718. The summed E-state index contributed by atoms with van der Waals surface area (Å²) in [4.78, 5) is 0. The highest BCUT2D eigenvalue weighted by Crippen LogP contribution is 2.41.